The number of pyridine rings is 1. The van der Waals surface area contributed by atoms with Crippen LogP contribution in [-0.2, 0) is 24.4 Å². The number of carbonyl (C=O) groups is 3. The smallest absolute Gasteiger partial charge is 0.259 e. The Balaban J connectivity index is 0.00000561. The molecule has 3 amide bonds. The first-order chi connectivity index (χ1) is 28.7. The van der Waals surface area contributed by atoms with Crippen molar-refractivity contribution in [3.8, 4) is 34.0 Å². The largest absolute Gasteiger partial charge is 0.497 e. The summed E-state index contributed by atoms with van der Waals surface area (Å²) in [5.74, 6) is -1.13. The van der Waals surface area contributed by atoms with E-state index in [4.69, 9.17) is 19.4 Å². The number of hydrogen-bond donors (Lipinski definition) is 3. The molecule has 2 saturated carbocycles. The summed E-state index contributed by atoms with van der Waals surface area (Å²) in [6.07, 6.45) is 2.07. The fourth-order valence-electron chi connectivity index (χ4n) is 7.75. The lowest BCUT2D eigenvalue weighted by Crippen LogP contribution is -2.58. The summed E-state index contributed by atoms with van der Waals surface area (Å²) in [7, 11) is -2.31. The van der Waals surface area contributed by atoms with E-state index < -0.39 is 62.1 Å². The third-order valence-corrected chi connectivity index (χ3v) is 14.0. The van der Waals surface area contributed by atoms with Gasteiger partial charge in [-0.3, -0.25) is 19.1 Å². The topological polar surface area (TPSA) is 169 Å². The molecule has 2 aromatic heterocycles. The number of fused-ring (bicyclic) bond motifs is 1. The number of methoxy groups -OCH3 is 1. The van der Waals surface area contributed by atoms with Crippen LogP contribution in [0.25, 0.3) is 33.4 Å². The highest BCUT2D eigenvalue weighted by atomic mass is 32.2. The van der Waals surface area contributed by atoms with Gasteiger partial charge >= 0.3 is 0 Å². The summed E-state index contributed by atoms with van der Waals surface area (Å²) in [6.45, 7) is 9.69. The summed E-state index contributed by atoms with van der Waals surface area (Å²) in [5, 5.41) is 8.83. The van der Waals surface area contributed by atoms with Crippen molar-refractivity contribution in [2.45, 2.75) is 75.4 Å². The highest BCUT2D eigenvalue weighted by Gasteiger charge is 2.62. The molecule has 320 valence electrons. The third kappa shape index (κ3) is 9.12. The van der Waals surface area contributed by atoms with Crippen molar-refractivity contribution in [2.24, 2.45) is 11.3 Å². The number of nitrogens with one attached hydrogen (secondary N) is 3. The van der Waals surface area contributed by atoms with Gasteiger partial charge in [0.1, 0.15) is 35.2 Å². The van der Waals surface area contributed by atoms with E-state index in [0.717, 1.165) is 16.8 Å². The Kier molecular flexibility index (Phi) is 12.3. The predicted octanol–water partition coefficient (Wildman–Crippen LogP) is 6.69. The minimum absolute atomic E-state index is 0. The molecular weight excluding hydrogens is 833 g/mol. The zero-order valence-corrected chi connectivity index (χ0v) is 37.0. The second-order valence-electron chi connectivity index (χ2n) is 16.8. The van der Waals surface area contributed by atoms with E-state index in [1.165, 1.54) is 22.3 Å². The van der Waals surface area contributed by atoms with E-state index in [1.54, 1.807) is 7.11 Å². The number of likely N-dealkylation sites (tertiary alicyclic amines) is 1. The van der Waals surface area contributed by atoms with E-state index in [0.29, 0.717) is 46.1 Å². The fraction of sp³-hybridized carbons (Fsp3) is 0.356. The SMILES string of the molecule is C=C[C@@H]1C[C@]1(NC(=O)[C@@H]1C[C@@H](Oc2cc(-c3ccccc3)nc3cc(OC)ccc23)CN1C(=O)[C@@H](Nc1nc(-c2ccccc2)cs1)C(C)(C)C)C(=O)NS(=O)(=O)C1CC1.S. The third-order valence-electron chi connectivity index (χ3n) is 11.4. The van der Waals surface area contributed by atoms with E-state index in [2.05, 4.69) is 21.9 Å². The molecule has 13 nitrogen and oxygen atoms in total. The molecule has 8 rings (SSSR count). The molecule has 5 atom stereocenters. The van der Waals surface area contributed by atoms with Crippen molar-refractivity contribution in [2.75, 3.05) is 19.0 Å². The quantitative estimate of drug-likeness (QED) is 0.102. The molecule has 3 aromatic carbocycles. The lowest BCUT2D eigenvalue weighted by atomic mass is 9.85. The Bertz CT molecular complexity index is 2560. The zero-order chi connectivity index (χ0) is 42.4. The van der Waals surface area contributed by atoms with Crippen molar-refractivity contribution in [3.05, 3.63) is 103 Å². The molecule has 3 N–H and O–H groups in total. The number of aromatic nitrogens is 2. The van der Waals surface area contributed by atoms with Crippen LogP contribution in [0.5, 0.6) is 11.5 Å². The molecule has 0 bridgehead atoms. The zero-order valence-electron chi connectivity index (χ0n) is 34.4. The van der Waals surface area contributed by atoms with Crippen molar-refractivity contribution in [1.29, 1.82) is 0 Å². The van der Waals surface area contributed by atoms with E-state index >= 15 is 4.79 Å². The molecule has 3 fully saturated rings. The van der Waals surface area contributed by atoms with Gasteiger partial charge in [0.25, 0.3) is 5.91 Å². The lowest BCUT2D eigenvalue weighted by molar-refractivity contribution is -0.141. The minimum atomic E-state index is -3.90. The number of amides is 3. The maximum absolute atomic E-state index is 15.0. The Morgan fingerprint density at radius 2 is 1.64 bits per heavy atom. The van der Waals surface area contributed by atoms with E-state index in [1.807, 2.05) is 111 Å². The van der Waals surface area contributed by atoms with Gasteiger partial charge in [-0.05, 0) is 36.8 Å². The normalized spacial score (nSPS) is 21.4. The summed E-state index contributed by atoms with van der Waals surface area (Å²) in [5.41, 5.74) is 1.70. The van der Waals surface area contributed by atoms with Crippen LogP contribution in [0.15, 0.2) is 103 Å². The number of thiazole rings is 1. The van der Waals surface area contributed by atoms with Gasteiger partial charge in [0.2, 0.25) is 21.8 Å². The molecule has 0 radical (unpaired) electrons. The van der Waals surface area contributed by atoms with Crippen LogP contribution >= 0.6 is 24.8 Å². The van der Waals surface area contributed by atoms with Crippen LogP contribution in [0.1, 0.15) is 46.5 Å². The van der Waals surface area contributed by atoms with Gasteiger partial charge in [0.15, 0.2) is 5.13 Å². The maximum atomic E-state index is 15.0. The first-order valence-corrected chi connectivity index (χ1v) is 22.4. The predicted molar refractivity (Wildman–Crippen MR) is 242 cm³/mol. The molecule has 1 saturated heterocycles. The van der Waals surface area contributed by atoms with E-state index in [-0.39, 0.29) is 38.8 Å². The number of anilines is 1. The van der Waals surface area contributed by atoms with Gasteiger partial charge in [-0.1, -0.05) is 87.5 Å². The minimum Gasteiger partial charge on any atom is -0.497 e. The van der Waals surface area contributed by atoms with Gasteiger partial charge in [-0.25, -0.2) is 18.4 Å². The highest BCUT2D eigenvalue weighted by molar-refractivity contribution is 7.91. The van der Waals surface area contributed by atoms with Gasteiger partial charge in [0, 0.05) is 46.4 Å². The van der Waals surface area contributed by atoms with Crippen LogP contribution in [0.3, 0.4) is 0 Å². The van der Waals surface area contributed by atoms with Crippen molar-refractivity contribution < 1.29 is 32.3 Å². The van der Waals surface area contributed by atoms with Crippen LogP contribution < -0.4 is 24.8 Å². The number of nitrogens with zero attached hydrogens (tertiary/aromatic N) is 3. The maximum Gasteiger partial charge on any atom is 0.259 e. The van der Waals surface area contributed by atoms with Crippen LogP contribution in [0.4, 0.5) is 5.13 Å². The van der Waals surface area contributed by atoms with Crippen molar-refractivity contribution >= 4 is 68.6 Å². The molecular formula is C45H50N6O7S3. The van der Waals surface area contributed by atoms with Crippen LogP contribution in [0, 0.1) is 11.3 Å². The standard InChI is InChI=1S/C45H48N6O7S2.H2S/c1-6-29-24-45(29,42(54)50-60(55,56)32-18-19-32)49-40(52)37-22-31(58-38-23-34(27-13-9-7-10-14-27)46-35-21-30(57-5)17-20-33(35)38)25-51(37)41(53)39(44(2,3)4)48-43-47-36(26-59-43)28-15-11-8-12-16-28;/h6-17,20-21,23,26,29,31-32,37,39H,1,18-19,22,24-25H2,2-5H3,(H,47,48)(H,49,52)(H,50,54);1H2/t29-,31-,37+,39-,45-;/m1./s1. The molecule has 2 aliphatic carbocycles. The Labute approximate surface area is 366 Å². The van der Waals surface area contributed by atoms with Gasteiger partial charge < -0.3 is 25.0 Å². The average molecular weight is 883 g/mol. The number of carbonyl (C=O) groups excluding carboxylic acids is 3. The Morgan fingerprint density at radius 1 is 0.967 bits per heavy atom. The average Bonchev–Trinajstić information content (AvgIpc) is 4.13. The first kappa shape index (κ1) is 43.6. The lowest BCUT2D eigenvalue weighted by Gasteiger charge is -2.35. The monoisotopic (exact) mass is 882 g/mol. The summed E-state index contributed by atoms with van der Waals surface area (Å²) in [4.78, 5) is 54.6. The van der Waals surface area contributed by atoms with Gasteiger partial charge in [0.05, 0.1) is 35.8 Å². The molecule has 3 heterocycles. The first-order valence-electron chi connectivity index (χ1n) is 20.0. The van der Waals surface area contributed by atoms with Gasteiger partial charge in [-0.15, -0.1) is 17.9 Å². The fourth-order valence-corrected chi connectivity index (χ4v) is 9.86. The number of sulfonamides is 1. The number of benzene rings is 3. The molecule has 0 spiro atoms. The van der Waals surface area contributed by atoms with Crippen molar-refractivity contribution in [3.63, 3.8) is 0 Å². The summed E-state index contributed by atoms with van der Waals surface area (Å²) < 4.78 is 40.2. The molecule has 5 aromatic rings. The molecule has 3 aliphatic rings. The van der Waals surface area contributed by atoms with Crippen LogP contribution in [0.2, 0.25) is 0 Å². The molecule has 1 aliphatic heterocycles. The Hall–Kier alpha value is -5.45. The molecule has 16 heteroatoms. The molecule has 61 heavy (non-hydrogen) atoms. The second kappa shape index (κ2) is 17.1. The number of hydrogen-bond acceptors (Lipinski definition) is 11. The second-order valence-corrected chi connectivity index (χ2v) is 19.6. The van der Waals surface area contributed by atoms with Gasteiger partial charge in [-0.2, -0.15) is 13.5 Å². The number of rotatable bonds is 14. The molecule has 0 unspecified atom stereocenters. The summed E-state index contributed by atoms with van der Waals surface area (Å²) >= 11 is 1.38. The number of ether oxygens (including phenoxy) is 2. The Morgan fingerprint density at radius 3 is 2.25 bits per heavy atom. The summed E-state index contributed by atoms with van der Waals surface area (Å²) in [6, 6.07) is 24.9. The van der Waals surface area contributed by atoms with Crippen molar-refractivity contribution in [1.82, 2.24) is 24.9 Å². The van der Waals surface area contributed by atoms with Crippen LogP contribution in [-0.4, -0.2) is 83.6 Å². The highest BCUT2D eigenvalue weighted by Crippen LogP contribution is 2.46. The van der Waals surface area contributed by atoms with E-state index in [9.17, 15) is 18.0 Å².